The maximum atomic E-state index is 12.9. The van der Waals surface area contributed by atoms with Crippen molar-refractivity contribution in [2.24, 2.45) is 5.92 Å². The van der Waals surface area contributed by atoms with Crippen molar-refractivity contribution in [2.45, 2.75) is 46.6 Å². The Hall–Kier alpha value is -3.61. The molecule has 2 heterocycles. The second-order valence-electron chi connectivity index (χ2n) is 8.84. The number of anilines is 2. The number of carbonyl (C=O) groups excluding carboxylic acids is 2. The topological polar surface area (TPSA) is 79.3 Å². The van der Waals surface area contributed by atoms with Crippen LogP contribution in [0.1, 0.15) is 43.0 Å². The molecule has 1 aliphatic heterocycles. The third-order valence-electron chi connectivity index (χ3n) is 6.50. The molecule has 1 aromatic heterocycles. The van der Waals surface area contributed by atoms with Gasteiger partial charge >= 0.3 is 0 Å². The Morgan fingerprint density at radius 2 is 1.68 bits per heavy atom. The Bertz CT molecular complexity index is 1150. The molecule has 34 heavy (non-hydrogen) atoms. The highest BCUT2D eigenvalue weighted by atomic mass is 16.2. The van der Waals surface area contributed by atoms with E-state index >= 15 is 0 Å². The van der Waals surface area contributed by atoms with Crippen LogP contribution in [-0.4, -0.2) is 34.7 Å². The maximum absolute atomic E-state index is 12.9. The van der Waals surface area contributed by atoms with Crippen LogP contribution >= 0.6 is 0 Å². The number of para-hydroxylation sites is 1. The SMILES string of the molecule is CCC(=O)Nc1c(C)nn(-c2ccccc2)c1N1CCC(C(=O)NCc2ccccc2C)CC1. The third kappa shape index (κ3) is 5.14. The second-order valence-corrected chi connectivity index (χ2v) is 8.84. The summed E-state index contributed by atoms with van der Waals surface area (Å²) in [6.07, 6.45) is 1.90. The fraction of sp³-hybridized carbons (Fsp3) is 0.370. The highest BCUT2D eigenvalue weighted by Gasteiger charge is 2.30. The first-order chi connectivity index (χ1) is 16.5. The standard InChI is InChI=1S/C27H33N5O2/c1-4-24(33)29-25-20(3)30-32(23-12-6-5-7-13-23)27(25)31-16-14-21(15-17-31)26(34)28-18-22-11-9-8-10-19(22)2/h5-13,21H,4,14-18H2,1-3H3,(H,28,34)(H,29,33). The van der Waals surface area contributed by atoms with E-state index in [4.69, 9.17) is 5.10 Å². The maximum Gasteiger partial charge on any atom is 0.224 e. The van der Waals surface area contributed by atoms with E-state index in [1.165, 1.54) is 5.56 Å². The van der Waals surface area contributed by atoms with Crippen LogP contribution in [0.5, 0.6) is 0 Å². The summed E-state index contributed by atoms with van der Waals surface area (Å²) in [5.74, 6) is 0.921. The minimum absolute atomic E-state index is 0.0249. The molecule has 7 nitrogen and oxygen atoms in total. The van der Waals surface area contributed by atoms with Gasteiger partial charge in [0, 0.05) is 32.0 Å². The molecule has 4 rings (SSSR count). The number of nitrogens with zero attached hydrogens (tertiary/aromatic N) is 3. The van der Waals surface area contributed by atoms with Crippen molar-refractivity contribution in [3.8, 4) is 5.69 Å². The summed E-state index contributed by atoms with van der Waals surface area (Å²) in [4.78, 5) is 27.4. The zero-order chi connectivity index (χ0) is 24.1. The van der Waals surface area contributed by atoms with E-state index in [-0.39, 0.29) is 17.7 Å². The van der Waals surface area contributed by atoms with Crippen molar-refractivity contribution in [3.63, 3.8) is 0 Å². The predicted octanol–water partition coefficient (Wildman–Crippen LogP) is 4.37. The number of aromatic nitrogens is 2. The van der Waals surface area contributed by atoms with Gasteiger partial charge in [-0.1, -0.05) is 49.4 Å². The summed E-state index contributed by atoms with van der Waals surface area (Å²) in [6, 6.07) is 18.1. The Morgan fingerprint density at radius 3 is 2.35 bits per heavy atom. The summed E-state index contributed by atoms with van der Waals surface area (Å²) in [5.41, 5.74) is 4.79. The van der Waals surface area contributed by atoms with E-state index in [2.05, 4.69) is 34.6 Å². The average Bonchev–Trinajstić information content (AvgIpc) is 3.19. The van der Waals surface area contributed by atoms with E-state index in [0.29, 0.717) is 13.0 Å². The molecule has 1 aliphatic rings. The molecule has 3 aromatic rings. The number of hydrogen-bond acceptors (Lipinski definition) is 4. The summed E-state index contributed by atoms with van der Waals surface area (Å²) in [7, 11) is 0. The van der Waals surface area contributed by atoms with Crippen LogP contribution in [0.25, 0.3) is 5.69 Å². The lowest BCUT2D eigenvalue weighted by Gasteiger charge is -2.33. The fourth-order valence-electron chi connectivity index (χ4n) is 4.42. The number of piperidine rings is 1. The van der Waals surface area contributed by atoms with Gasteiger partial charge in [0.15, 0.2) is 5.82 Å². The summed E-state index contributed by atoms with van der Waals surface area (Å²) < 4.78 is 1.90. The number of aryl methyl sites for hydroxylation is 2. The lowest BCUT2D eigenvalue weighted by atomic mass is 9.95. The van der Waals surface area contributed by atoms with Gasteiger partial charge in [-0.15, -0.1) is 0 Å². The average molecular weight is 460 g/mol. The fourth-order valence-corrected chi connectivity index (χ4v) is 4.42. The molecular formula is C27H33N5O2. The van der Waals surface area contributed by atoms with Crippen LogP contribution < -0.4 is 15.5 Å². The molecule has 0 bridgehead atoms. The number of carbonyl (C=O) groups is 2. The van der Waals surface area contributed by atoms with Gasteiger partial charge in [-0.3, -0.25) is 9.59 Å². The van der Waals surface area contributed by atoms with Gasteiger partial charge in [0.25, 0.3) is 0 Å². The smallest absolute Gasteiger partial charge is 0.224 e. The van der Waals surface area contributed by atoms with Crippen LogP contribution in [0, 0.1) is 19.8 Å². The van der Waals surface area contributed by atoms with Gasteiger partial charge in [0.2, 0.25) is 11.8 Å². The van der Waals surface area contributed by atoms with Gasteiger partial charge in [0.1, 0.15) is 5.69 Å². The molecule has 0 atom stereocenters. The van der Waals surface area contributed by atoms with Gasteiger partial charge in [-0.05, 0) is 49.9 Å². The first kappa shape index (κ1) is 23.5. The van der Waals surface area contributed by atoms with E-state index in [9.17, 15) is 9.59 Å². The van der Waals surface area contributed by atoms with Crippen molar-refractivity contribution < 1.29 is 9.59 Å². The zero-order valence-corrected chi connectivity index (χ0v) is 20.2. The van der Waals surface area contributed by atoms with Gasteiger partial charge in [0.05, 0.1) is 11.4 Å². The van der Waals surface area contributed by atoms with E-state index in [0.717, 1.165) is 54.4 Å². The molecule has 0 spiro atoms. The van der Waals surface area contributed by atoms with Crippen LogP contribution in [0.15, 0.2) is 54.6 Å². The van der Waals surface area contributed by atoms with Crippen molar-refractivity contribution in [3.05, 3.63) is 71.4 Å². The predicted molar refractivity (Wildman–Crippen MR) is 135 cm³/mol. The lowest BCUT2D eigenvalue weighted by Crippen LogP contribution is -2.41. The minimum atomic E-state index is -0.0394. The summed E-state index contributed by atoms with van der Waals surface area (Å²) in [5, 5.41) is 10.9. The van der Waals surface area contributed by atoms with Crippen LogP contribution in [0.2, 0.25) is 0 Å². The molecule has 178 valence electrons. The van der Waals surface area contributed by atoms with E-state index in [1.54, 1.807) is 0 Å². The Balaban J connectivity index is 1.49. The Morgan fingerprint density at radius 1 is 1.00 bits per heavy atom. The van der Waals surface area contributed by atoms with Crippen LogP contribution in [0.4, 0.5) is 11.5 Å². The van der Waals surface area contributed by atoms with E-state index < -0.39 is 0 Å². The van der Waals surface area contributed by atoms with Crippen molar-refractivity contribution in [1.29, 1.82) is 0 Å². The molecule has 7 heteroatoms. The highest BCUT2D eigenvalue weighted by Crippen LogP contribution is 2.35. The summed E-state index contributed by atoms with van der Waals surface area (Å²) >= 11 is 0. The third-order valence-corrected chi connectivity index (χ3v) is 6.50. The lowest BCUT2D eigenvalue weighted by molar-refractivity contribution is -0.125. The Labute approximate surface area is 201 Å². The van der Waals surface area contributed by atoms with Crippen molar-refractivity contribution in [1.82, 2.24) is 15.1 Å². The van der Waals surface area contributed by atoms with Gasteiger partial charge < -0.3 is 15.5 Å². The quantitative estimate of drug-likeness (QED) is 0.550. The van der Waals surface area contributed by atoms with Crippen molar-refractivity contribution in [2.75, 3.05) is 23.3 Å². The molecule has 0 radical (unpaired) electrons. The van der Waals surface area contributed by atoms with Crippen LogP contribution in [-0.2, 0) is 16.1 Å². The molecule has 2 N–H and O–H groups in total. The number of amides is 2. The molecule has 0 aliphatic carbocycles. The van der Waals surface area contributed by atoms with Crippen LogP contribution in [0.3, 0.4) is 0 Å². The monoisotopic (exact) mass is 459 g/mol. The van der Waals surface area contributed by atoms with Crippen molar-refractivity contribution >= 4 is 23.3 Å². The van der Waals surface area contributed by atoms with Gasteiger partial charge in [-0.2, -0.15) is 5.10 Å². The highest BCUT2D eigenvalue weighted by molar-refractivity contribution is 5.94. The number of rotatable bonds is 7. The number of nitrogens with one attached hydrogen (secondary N) is 2. The Kier molecular flexibility index (Phi) is 7.30. The number of hydrogen-bond donors (Lipinski definition) is 2. The molecule has 2 amide bonds. The minimum Gasteiger partial charge on any atom is -0.355 e. The molecule has 2 aromatic carbocycles. The second kappa shape index (κ2) is 10.5. The molecule has 0 unspecified atom stereocenters. The number of benzene rings is 2. The van der Waals surface area contributed by atoms with Gasteiger partial charge in [-0.25, -0.2) is 4.68 Å². The first-order valence-electron chi connectivity index (χ1n) is 12.0. The normalized spacial score (nSPS) is 14.1. The molecule has 0 saturated carbocycles. The molecule has 1 saturated heterocycles. The molecule has 1 fully saturated rings. The first-order valence-corrected chi connectivity index (χ1v) is 12.0. The summed E-state index contributed by atoms with van der Waals surface area (Å²) in [6.45, 7) is 7.81. The zero-order valence-electron chi connectivity index (χ0n) is 20.2. The molecular weight excluding hydrogens is 426 g/mol. The largest absolute Gasteiger partial charge is 0.355 e. The van der Waals surface area contributed by atoms with E-state index in [1.807, 2.05) is 61.0 Å².